The number of carbonyl (C=O) groups excluding carboxylic acids is 2. The van der Waals surface area contributed by atoms with Gasteiger partial charge in [-0.1, -0.05) is 12.1 Å². The van der Waals surface area contributed by atoms with Gasteiger partial charge in [-0.05, 0) is 54.7 Å². The van der Waals surface area contributed by atoms with Crippen molar-refractivity contribution in [2.24, 2.45) is 0 Å². The molecule has 24 heavy (non-hydrogen) atoms. The third kappa shape index (κ3) is 2.83. The SMILES string of the molecule is O=C(COC(=O)c1ccc2ncsc2c1)c1ccc2c(c1)CCC2. The zero-order chi connectivity index (χ0) is 16.5. The van der Waals surface area contributed by atoms with Crippen LogP contribution in [0.4, 0.5) is 0 Å². The molecule has 1 heterocycles. The predicted molar refractivity (Wildman–Crippen MR) is 92.7 cm³/mol. The molecule has 0 atom stereocenters. The van der Waals surface area contributed by atoms with Crippen molar-refractivity contribution in [2.75, 3.05) is 6.61 Å². The third-order valence-electron chi connectivity index (χ3n) is 4.32. The van der Waals surface area contributed by atoms with Gasteiger partial charge in [0.15, 0.2) is 12.4 Å². The summed E-state index contributed by atoms with van der Waals surface area (Å²) in [4.78, 5) is 28.6. The summed E-state index contributed by atoms with van der Waals surface area (Å²) in [5.41, 5.74) is 6.20. The summed E-state index contributed by atoms with van der Waals surface area (Å²) in [7, 11) is 0. The lowest BCUT2D eigenvalue weighted by Crippen LogP contribution is -2.14. The van der Waals surface area contributed by atoms with Gasteiger partial charge < -0.3 is 4.74 Å². The molecule has 0 saturated heterocycles. The fraction of sp³-hybridized carbons (Fsp3) is 0.211. The molecule has 3 aromatic rings. The van der Waals surface area contributed by atoms with Crippen LogP contribution in [-0.4, -0.2) is 23.3 Å². The number of aryl methyl sites for hydroxylation is 2. The minimum atomic E-state index is -0.486. The zero-order valence-corrected chi connectivity index (χ0v) is 13.8. The molecule has 0 bridgehead atoms. The molecule has 0 aliphatic heterocycles. The van der Waals surface area contributed by atoms with Crippen molar-refractivity contribution in [1.82, 2.24) is 4.98 Å². The Bertz CT molecular complexity index is 945. The van der Waals surface area contributed by atoms with Crippen LogP contribution in [0.15, 0.2) is 41.9 Å². The van der Waals surface area contributed by atoms with Crippen LogP contribution in [0.1, 0.15) is 38.3 Å². The number of nitrogens with zero attached hydrogens (tertiary/aromatic N) is 1. The second-order valence-electron chi connectivity index (χ2n) is 5.87. The van der Waals surface area contributed by atoms with E-state index in [-0.39, 0.29) is 12.4 Å². The van der Waals surface area contributed by atoms with Gasteiger partial charge >= 0.3 is 5.97 Å². The van der Waals surface area contributed by atoms with Crippen molar-refractivity contribution in [3.63, 3.8) is 0 Å². The van der Waals surface area contributed by atoms with Crippen LogP contribution >= 0.6 is 11.3 Å². The molecule has 2 aromatic carbocycles. The van der Waals surface area contributed by atoms with Crippen molar-refractivity contribution < 1.29 is 14.3 Å². The lowest BCUT2D eigenvalue weighted by Gasteiger charge is -2.06. The maximum Gasteiger partial charge on any atom is 0.338 e. The van der Waals surface area contributed by atoms with E-state index in [4.69, 9.17) is 4.74 Å². The van der Waals surface area contributed by atoms with Crippen molar-refractivity contribution in [3.05, 3.63) is 64.2 Å². The molecule has 0 N–H and O–H groups in total. The molecule has 0 spiro atoms. The number of fused-ring (bicyclic) bond motifs is 2. The van der Waals surface area contributed by atoms with Crippen LogP contribution in [0.2, 0.25) is 0 Å². The average molecular weight is 337 g/mol. The summed E-state index contributed by atoms with van der Waals surface area (Å²) < 4.78 is 6.11. The lowest BCUT2D eigenvalue weighted by molar-refractivity contribution is 0.0475. The third-order valence-corrected chi connectivity index (χ3v) is 5.11. The largest absolute Gasteiger partial charge is 0.454 e. The Morgan fingerprint density at radius 2 is 1.88 bits per heavy atom. The van der Waals surface area contributed by atoms with Gasteiger partial charge in [0.05, 0.1) is 21.3 Å². The highest BCUT2D eigenvalue weighted by Gasteiger charge is 2.16. The fourth-order valence-electron chi connectivity index (χ4n) is 3.03. The monoisotopic (exact) mass is 337 g/mol. The van der Waals surface area contributed by atoms with E-state index in [0.717, 1.165) is 29.5 Å². The number of hydrogen-bond donors (Lipinski definition) is 0. The minimum Gasteiger partial charge on any atom is -0.454 e. The van der Waals surface area contributed by atoms with E-state index in [1.54, 1.807) is 23.7 Å². The molecule has 4 nitrogen and oxygen atoms in total. The van der Waals surface area contributed by atoms with E-state index in [9.17, 15) is 9.59 Å². The second-order valence-corrected chi connectivity index (χ2v) is 6.76. The summed E-state index contributed by atoms with van der Waals surface area (Å²) in [6.45, 7) is -0.238. The molecule has 120 valence electrons. The van der Waals surface area contributed by atoms with Gasteiger partial charge in [-0.25, -0.2) is 9.78 Å². The number of hydrogen-bond acceptors (Lipinski definition) is 5. The molecular weight excluding hydrogens is 322 g/mol. The molecule has 1 aliphatic carbocycles. The van der Waals surface area contributed by atoms with Crippen molar-refractivity contribution in [2.45, 2.75) is 19.3 Å². The first-order valence-corrected chi connectivity index (χ1v) is 8.74. The molecule has 0 saturated carbocycles. The minimum absolute atomic E-state index is 0.170. The van der Waals surface area contributed by atoms with Crippen molar-refractivity contribution in [1.29, 1.82) is 0 Å². The van der Waals surface area contributed by atoms with Gasteiger partial charge in [0.1, 0.15) is 0 Å². The van der Waals surface area contributed by atoms with Crippen LogP contribution in [-0.2, 0) is 17.6 Å². The molecule has 1 aromatic heterocycles. The molecular formula is C19H15NO3S. The highest BCUT2D eigenvalue weighted by molar-refractivity contribution is 7.16. The fourth-order valence-corrected chi connectivity index (χ4v) is 3.74. The Hall–Kier alpha value is -2.53. The second kappa shape index (κ2) is 6.17. The Balaban J connectivity index is 1.43. The molecule has 0 unspecified atom stereocenters. The normalized spacial score (nSPS) is 13.0. The van der Waals surface area contributed by atoms with Crippen LogP contribution in [0.25, 0.3) is 10.2 Å². The van der Waals surface area contributed by atoms with E-state index in [0.29, 0.717) is 11.1 Å². The van der Waals surface area contributed by atoms with Gasteiger partial charge in [0.2, 0.25) is 0 Å². The summed E-state index contributed by atoms with van der Waals surface area (Å²) in [6, 6.07) is 11.0. The maximum atomic E-state index is 12.3. The topological polar surface area (TPSA) is 56.3 Å². The number of Topliss-reactive ketones (excluding diaryl/α,β-unsaturated/α-hetero) is 1. The van der Waals surface area contributed by atoms with E-state index in [1.165, 1.54) is 22.5 Å². The first-order valence-electron chi connectivity index (χ1n) is 7.86. The molecule has 1 aliphatic rings. The highest BCUT2D eigenvalue weighted by Crippen LogP contribution is 2.23. The Morgan fingerprint density at radius 3 is 2.79 bits per heavy atom. The standard InChI is InChI=1S/C19H15NO3S/c21-17(14-5-4-12-2-1-3-13(12)8-14)10-23-19(22)15-6-7-16-18(9-15)24-11-20-16/h4-9,11H,1-3,10H2. The number of benzene rings is 2. The van der Waals surface area contributed by atoms with E-state index < -0.39 is 5.97 Å². The number of carbonyl (C=O) groups is 2. The summed E-state index contributed by atoms with van der Waals surface area (Å²) >= 11 is 1.47. The predicted octanol–water partition coefficient (Wildman–Crippen LogP) is 3.82. The quantitative estimate of drug-likeness (QED) is 0.536. The van der Waals surface area contributed by atoms with Crippen molar-refractivity contribution >= 4 is 33.3 Å². The Labute approximate surface area is 143 Å². The molecule has 0 fully saturated rings. The first-order chi connectivity index (χ1) is 11.7. The summed E-state index contributed by atoms with van der Waals surface area (Å²) in [5.74, 6) is -0.656. The lowest BCUT2D eigenvalue weighted by atomic mass is 10.0. The van der Waals surface area contributed by atoms with Crippen molar-refractivity contribution in [3.8, 4) is 0 Å². The Kier molecular flexibility index (Phi) is 3.86. The molecule has 0 radical (unpaired) electrons. The van der Waals surface area contributed by atoms with Gasteiger partial charge in [-0.2, -0.15) is 0 Å². The van der Waals surface area contributed by atoms with Crippen LogP contribution in [0.3, 0.4) is 0 Å². The molecule has 4 rings (SSSR count). The number of esters is 1. The Morgan fingerprint density at radius 1 is 1.04 bits per heavy atom. The van der Waals surface area contributed by atoms with E-state index >= 15 is 0 Å². The summed E-state index contributed by atoms with van der Waals surface area (Å²) in [5, 5.41) is 0. The maximum absolute atomic E-state index is 12.3. The van der Waals surface area contributed by atoms with Crippen LogP contribution in [0.5, 0.6) is 0 Å². The van der Waals surface area contributed by atoms with Gasteiger partial charge in [-0.15, -0.1) is 11.3 Å². The first kappa shape index (κ1) is 15.0. The van der Waals surface area contributed by atoms with Crippen LogP contribution in [0, 0.1) is 0 Å². The number of rotatable bonds is 4. The smallest absolute Gasteiger partial charge is 0.338 e. The van der Waals surface area contributed by atoms with Gasteiger partial charge in [-0.3, -0.25) is 4.79 Å². The van der Waals surface area contributed by atoms with Crippen LogP contribution < -0.4 is 0 Å². The highest BCUT2D eigenvalue weighted by atomic mass is 32.1. The van der Waals surface area contributed by atoms with E-state index in [1.807, 2.05) is 18.2 Å². The number of thiazole rings is 1. The summed E-state index contributed by atoms with van der Waals surface area (Å²) in [6.07, 6.45) is 3.24. The van der Waals surface area contributed by atoms with E-state index in [2.05, 4.69) is 4.98 Å². The average Bonchev–Trinajstić information content (AvgIpc) is 3.26. The molecule has 5 heteroatoms. The number of aromatic nitrogens is 1. The number of ketones is 1. The zero-order valence-electron chi connectivity index (χ0n) is 13.0. The van der Waals surface area contributed by atoms with Gasteiger partial charge in [0, 0.05) is 5.56 Å². The van der Waals surface area contributed by atoms with Gasteiger partial charge in [0.25, 0.3) is 0 Å². The number of ether oxygens (including phenoxy) is 1. The molecule has 0 amide bonds.